The number of hydrogen-bond donors (Lipinski definition) is 1. The number of carbonyl (C=O) groups excluding carboxylic acids is 1. The summed E-state index contributed by atoms with van der Waals surface area (Å²) in [4.78, 5) is 12.5. The number of amides is 1. The van der Waals surface area contributed by atoms with Crippen LogP contribution >= 0.6 is 0 Å². The van der Waals surface area contributed by atoms with E-state index in [9.17, 15) is 13.2 Å². The monoisotopic (exact) mass is 403 g/mol. The van der Waals surface area contributed by atoms with Crippen molar-refractivity contribution in [3.05, 3.63) is 42.1 Å². The first-order chi connectivity index (χ1) is 13.2. The first kappa shape index (κ1) is 19.7. The summed E-state index contributed by atoms with van der Waals surface area (Å²) >= 11 is 0. The van der Waals surface area contributed by atoms with Gasteiger partial charge in [0.05, 0.1) is 10.1 Å². The fourth-order valence-electron chi connectivity index (χ4n) is 2.51. The van der Waals surface area contributed by atoms with Gasteiger partial charge in [-0.25, -0.2) is 8.42 Å². The lowest BCUT2D eigenvalue weighted by Crippen LogP contribution is -2.15. The van der Waals surface area contributed by atoms with Gasteiger partial charge >= 0.3 is 6.01 Å². The molecule has 9 nitrogen and oxygen atoms in total. The zero-order valence-electron chi connectivity index (χ0n) is 15.9. The molecule has 0 aliphatic carbocycles. The van der Waals surface area contributed by atoms with Crippen LogP contribution in [0.1, 0.15) is 44.1 Å². The number of rotatable bonds is 6. The molecule has 1 amide bonds. The molecule has 0 aliphatic rings. The predicted octanol–water partition coefficient (Wildman–Crippen LogP) is 2.95. The predicted molar refractivity (Wildman–Crippen MR) is 103 cm³/mol. The third kappa shape index (κ3) is 3.81. The standard InChI is InChI=1S/C18H21N5O4S/c1-11(2)23-15(9-10-19-23)17-21-22-18(27-17)20-16(24)13-5-7-14(8-6-13)28(25,26)12(3)4/h5-12H,1-4H3,(H,20,22,24). The van der Waals surface area contributed by atoms with Crippen molar-refractivity contribution in [2.75, 3.05) is 5.32 Å². The van der Waals surface area contributed by atoms with Gasteiger partial charge in [-0.05, 0) is 58.0 Å². The van der Waals surface area contributed by atoms with E-state index in [1.165, 1.54) is 24.3 Å². The number of aromatic nitrogens is 4. The summed E-state index contributed by atoms with van der Waals surface area (Å²) in [6, 6.07) is 7.49. The van der Waals surface area contributed by atoms with Crippen LogP contribution in [0, 0.1) is 0 Å². The topological polar surface area (TPSA) is 120 Å². The molecule has 0 radical (unpaired) electrons. The molecule has 0 saturated heterocycles. The van der Waals surface area contributed by atoms with Crippen LogP contribution in [0.25, 0.3) is 11.6 Å². The van der Waals surface area contributed by atoms with Gasteiger partial charge in [0.1, 0.15) is 5.69 Å². The molecule has 10 heteroatoms. The number of nitrogens with one attached hydrogen (secondary N) is 1. The maximum Gasteiger partial charge on any atom is 0.322 e. The molecule has 0 unspecified atom stereocenters. The second kappa shape index (κ2) is 7.55. The lowest BCUT2D eigenvalue weighted by atomic mass is 10.2. The Morgan fingerprint density at radius 3 is 2.36 bits per heavy atom. The van der Waals surface area contributed by atoms with Gasteiger partial charge in [-0.2, -0.15) is 5.10 Å². The van der Waals surface area contributed by atoms with E-state index in [-0.39, 0.29) is 28.4 Å². The molecular formula is C18H21N5O4S. The van der Waals surface area contributed by atoms with Gasteiger partial charge in [0, 0.05) is 17.8 Å². The fraction of sp³-hybridized carbons (Fsp3) is 0.333. The fourth-order valence-corrected chi connectivity index (χ4v) is 3.57. The number of sulfone groups is 1. The highest BCUT2D eigenvalue weighted by atomic mass is 32.2. The van der Waals surface area contributed by atoms with Crippen LogP contribution < -0.4 is 5.32 Å². The molecule has 3 aromatic rings. The molecule has 0 aliphatic heterocycles. The highest BCUT2D eigenvalue weighted by Gasteiger charge is 2.20. The molecule has 0 atom stereocenters. The molecule has 1 aromatic carbocycles. The van der Waals surface area contributed by atoms with Crippen LogP contribution in [-0.4, -0.2) is 39.6 Å². The van der Waals surface area contributed by atoms with Gasteiger partial charge in [-0.15, -0.1) is 5.10 Å². The molecule has 0 saturated carbocycles. The van der Waals surface area contributed by atoms with Crippen molar-refractivity contribution >= 4 is 21.8 Å². The Morgan fingerprint density at radius 2 is 1.75 bits per heavy atom. The van der Waals surface area contributed by atoms with Crippen molar-refractivity contribution in [2.45, 2.75) is 43.9 Å². The minimum Gasteiger partial charge on any atom is -0.401 e. The minimum absolute atomic E-state index is 0.0598. The summed E-state index contributed by atoms with van der Waals surface area (Å²) < 4.78 is 31.5. The zero-order chi connectivity index (χ0) is 20.5. The van der Waals surface area contributed by atoms with Crippen LogP contribution in [0.15, 0.2) is 45.8 Å². The Bertz CT molecular complexity index is 1080. The molecular weight excluding hydrogens is 382 g/mol. The van der Waals surface area contributed by atoms with Gasteiger partial charge in [-0.3, -0.25) is 14.8 Å². The van der Waals surface area contributed by atoms with Crippen LogP contribution in [0.3, 0.4) is 0 Å². The second-order valence-corrected chi connectivity index (χ2v) is 9.24. The van der Waals surface area contributed by atoms with E-state index in [0.717, 1.165) is 0 Å². The van der Waals surface area contributed by atoms with E-state index in [1.54, 1.807) is 30.8 Å². The second-order valence-electron chi connectivity index (χ2n) is 6.74. The van der Waals surface area contributed by atoms with Crippen molar-refractivity contribution in [1.29, 1.82) is 0 Å². The minimum atomic E-state index is -3.39. The smallest absolute Gasteiger partial charge is 0.322 e. The number of hydrogen-bond acceptors (Lipinski definition) is 7. The van der Waals surface area contributed by atoms with Crippen molar-refractivity contribution < 1.29 is 17.6 Å². The van der Waals surface area contributed by atoms with Crippen LogP contribution in [-0.2, 0) is 9.84 Å². The van der Waals surface area contributed by atoms with Gasteiger partial charge in [0.2, 0.25) is 0 Å². The van der Waals surface area contributed by atoms with Crippen LogP contribution in [0.5, 0.6) is 0 Å². The quantitative estimate of drug-likeness (QED) is 0.672. The Hall–Kier alpha value is -3.01. The Morgan fingerprint density at radius 1 is 1.07 bits per heavy atom. The summed E-state index contributed by atoms with van der Waals surface area (Å²) in [6.45, 7) is 7.15. The van der Waals surface area contributed by atoms with Gasteiger partial charge < -0.3 is 4.42 Å². The van der Waals surface area contributed by atoms with Crippen molar-refractivity contribution in [3.8, 4) is 11.6 Å². The van der Waals surface area contributed by atoms with E-state index in [4.69, 9.17) is 4.42 Å². The number of anilines is 1. The van der Waals surface area contributed by atoms with Gasteiger partial charge in [0.15, 0.2) is 9.84 Å². The summed E-state index contributed by atoms with van der Waals surface area (Å²) in [5.74, 6) is -0.249. The van der Waals surface area contributed by atoms with E-state index in [0.29, 0.717) is 5.69 Å². The highest BCUT2D eigenvalue weighted by Crippen LogP contribution is 2.23. The largest absolute Gasteiger partial charge is 0.401 e. The Labute approximate surface area is 162 Å². The zero-order valence-corrected chi connectivity index (χ0v) is 16.8. The number of carbonyl (C=O) groups is 1. The molecule has 2 aromatic heterocycles. The summed E-state index contributed by atoms with van der Waals surface area (Å²) in [7, 11) is -3.39. The van der Waals surface area contributed by atoms with Crippen molar-refractivity contribution in [2.24, 2.45) is 0 Å². The molecule has 148 valence electrons. The third-order valence-electron chi connectivity index (χ3n) is 4.09. The average Bonchev–Trinajstić information content (AvgIpc) is 3.30. The molecule has 2 heterocycles. The first-order valence-corrected chi connectivity index (χ1v) is 10.3. The molecule has 28 heavy (non-hydrogen) atoms. The highest BCUT2D eigenvalue weighted by molar-refractivity contribution is 7.92. The average molecular weight is 403 g/mol. The van der Waals surface area contributed by atoms with E-state index >= 15 is 0 Å². The van der Waals surface area contributed by atoms with E-state index < -0.39 is 21.0 Å². The summed E-state index contributed by atoms with van der Waals surface area (Å²) in [5.41, 5.74) is 0.918. The van der Waals surface area contributed by atoms with Gasteiger partial charge in [0.25, 0.3) is 11.8 Å². The van der Waals surface area contributed by atoms with Gasteiger partial charge in [-0.1, -0.05) is 5.10 Å². The van der Waals surface area contributed by atoms with Crippen molar-refractivity contribution in [1.82, 2.24) is 20.0 Å². The molecule has 0 bridgehead atoms. The lowest BCUT2D eigenvalue weighted by molar-refractivity contribution is 0.102. The maximum atomic E-state index is 12.4. The summed E-state index contributed by atoms with van der Waals surface area (Å²) in [6.07, 6.45) is 1.63. The molecule has 1 N–H and O–H groups in total. The Balaban J connectivity index is 1.75. The number of nitrogens with zero attached hydrogens (tertiary/aromatic N) is 4. The molecule has 0 spiro atoms. The first-order valence-electron chi connectivity index (χ1n) is 8.73. The van der Waals surface area contributed by atoms with E-state index in [2.05, 4.69) is 20.6 Å². The lowest BCUT2D eigenvalue weighted by Gasteiger charge is -2.08. The maximum absolute atomic E-state index is 12.4. The normalized spacial score (nSPS) is 11.9. The third-order valence-corrected chi connectivity index (χ3v) is 6.26. The van der Waals surface area contributed by atoms with Crippen LogP contribution in [0.4, 0.5) is 6.01 Å². The molecule has 3 rings (SSSR count). The SMILES string of the molecule is CC(C)n1nccc1-c1nnc(NC(=O)c2ccc(S(=O)(=O)C(C)C)cc2)o1. The van der Waals surface area contributed by atoms with Crippen LogP contribution in [0.2, 0.25) is 0 Å². The molecule has 0 fully saturated rings. The summed E-state index contributed by atoms with van der Waals surface area (Å²) in [5, 5.41) is 14.0. The number of benzene rings is 1. The van der Waals surface area contributed by atoms with Crippen molar-refractivity contribution in [3.63, 3.8) is 0 Å². The Kier molecular flexibility index (Phi) is 5.32. The van der Waals surface area contributed by atoms with E-state index in [1.807, 2.05) is 13.8 Å².